The summed E-state index contributed by atoms with van der Waals surface area (Å²) in [5, 5.41) is 7.27. The molecule has 0 unspecified atom stereocenters. The van der Waals surface area contributed by atoms with Gasteiger partial charge in [-0.2, -0.15) is 0 Å². The molecule has 0 aromatic carbocycles. The van der Waals surface area contributed by atoms with Gasteiger partial charge in [0.25, 0.3) is 0 Å². The van der Waals surface area contributed by atoms with Crippen molar-refractivity contribution in [3.8, 4) is 0 Å². The summed E-state index contributed by atoms with van der Waals surface area (Å²) in [6.07, 6.45) is 4.60. The summed E-state index contributed by atoms with van der Waals surface area (Å²) in [7, 11) is 0. The molecule has 1 aromatic heterocycles. The number of rotatable bonds is 5. The largest absolute Gasteiger partial charge is 0.378 e. The summed E-state index contributed by atoms with van der Waals surface area (Å²) in [5.74, 6) is 2.18. The maximum Gasteiger partial charge on any atom is 0.223 e. The number of carbonyl (C=O) groups is 1. The summed E-state index contributed by atoms with van der Waals surface area (Å²) in [6.45, 7) is 6.16. The van der Waals surface area contributed by atoms with Gasteiger partial charge in [-0.05, 0) is 38.5 Å². The number of hydrogen-bond acceptors (Lipinski definition) is 5. The van der Waals surface area contributed by atoms with Gasteiger partial charge in [0.2, 0.25) is 5.91 Å². The maximum absolute atomic E-state index is 12.6. The van der Waals surface area contributed by atoms with Gasteiger partial charge in [0, 0.05) is 50.7 Å². The normalized spacial score (nSPS) is 30.8. The van der Waals surface area contributed by atoms with E-state index in [1.807, 2.05) is 13.0 Å². The smallest absolute Gasteiger partial charge is 0.223 e. The Balaban J connectivity index is 1.37. The molecule has 4 rings (SSSR count). The van der Waals surface area contributed by atoms with Crippen LogP contribution in [-0.4, -0.2) is 48.3 Å². The van der Waals surface area contributed by atoms with Gasteiger partial charge in [-0.15, -0.1) is 0 Å². The summed E-state index contributed by atoms with van der Waals surface area (Å²) >= 11 is 0. The molecule has 2 aliphatic heterocycles. The Hall–Kier alpha value is -1.40. The van der Waals surface area contributed by atoms with Crippen LogP contribution in [0.4, 0.5) is 0 Å². The minimum Gasteiger partial charge on any atom is -0.378 e. The molecule has 3 fully saturated rings. The standard InChI is InChI=1S/C18H27N3O3/c1-12-8-14(20-24-12)10-21-6-4-17-16(11-21)15(5-7-23-17)18(22)19-9-13-2-3-13/h8,13,15-17H,2-7,9-11H2,1H3,(H,19,22)/t15-,16+,17-/m1/s1. The van der Waals surface area contributed by atoms with Crippen LogP contribution >= 0.6 is 0 Å². The van der Waals surface area contributed by atoms with Crippen LogP contribution in [0.5, 0.6) is 0 Å². The summed E-state index contributed by atoms with van der Waals surface area (Å²) < 4.78 is 11.1. The van der Waals surface area contributed by atoms with Gasteiger partial charge < -0.3 is 14.6 Å². The van der Waals surface area contributed by atoms with Crippen molar-refractivity contribution in [3.05, 3.63) is 17.5 Å². The van der Waals surface area contributed by atoms with E-state index in [1.54, 1.807) is 0 Å². The first-order chi connectivity index (χ1) is 11.7. The fourth-order valence-corrected chi connectivity index (χ4v) is 4.07. The van der Waals surface area contributed by atoms with Crippen LogP contribution in [0.25, 0.3) is 0 Å². The number of piperidine rings is 1. The summed E-state index contributed by atoms with van der Waals surface area (Å²) in [6, 6.07) is 1.99. The molecule has 3 aliphatic rings. The molecule has 2 saturated heterocycles. The van der Waals surface area contributed by atoms with Crippen molar-refractivity contribution in [2.45, 2.75) is 45.3 Å². The number of nitrogens with one attached hydrogen (secondary N) is 1. The molecule has 132 valence electrons. The number of aromatic nitrogens is 1. The van der Waals surface area contributed by atoms with E-state index in [0.717, 1.165) is 56.4 Å². The Labute approximate surface area is 142 Å². The highest BCUT2D eigenvalue weighted by molar-refractivity contribution is 5.79. The van der Waals surface area contributed by atoms with Crippen LogP contribution < -0.4 is 5.32 Å². The molecular weight excluding hydrogens is 306 g/mol. The minimum atomic E-state index is 0.0874. The van der Waals surface area contributed by atoms with Gasteiger partial charge in [-0.3, -0.25) is 9.69 Å². The van der Waals surface area contributed by atoms with E-state index in [4.69, 9.17) is 9.26 Å². The Kier molecular flexibility index (Phi) is 4.59. The first-order valence-electron chi connectivity index (χ1n) is 9.23. The number of amides is 1. The number of nitrogens with zero attached hydrogens (tertiary/aromatic N) is 2. The molecule has 0 spiro atoms. The average molecular weight is 333 g/mol. The van der Waals surface area contributed by atoms with Crippen LogP contribution in [0.3, 0.4) is 0 Å². The Morgan fingerprint density at radius 2 is 2.25 bits per heavy atom. The van der Waals surface area contributed by atoms with E-state index in [9.17, 15) is 4.79 Å². The summed E-state index contributed by atoms with van der Waals surface area (Å²) in [5.41, 5.74) is 0.970. The molecule has 1 amide bonds. The van der Waals surface area contributed by atoms with Gasteiger partial charge in [0.05, 0.1) is 11.8 Å². The van der Waals surface area contributed by atoms with Crippen LogP contribution in [0.15, 0.2) is 10.6 Å². The third-order valence-electron chi connectivity index (χ3n) is 5.62. The molecule has 6 heteroatoms. The number of likely N-dealkylation sites (tertiary alicyclic amines) is 1. The average Bonchev–Trinajstić information content (AvgIpc) is 3.33. The zero-order chi connectivity index (χ0) is 16.5. The van der Waals surface area contributed by atoms with E-state index in [-0.39, 0.29) is 17.9 Å². The van der Waals surface area contributed by atoms with Gasteiger partial charge in [-0.25, -0.2) is 0 Å². The van der Waals surface area contributed by atoms with Crippen molar-refractivity contribution in [2.75, 3.05) is 26.2 Å². The number of carbonyl (C=O) groups excluding carboxylic acids is 1. The van der Waals surface area contributed by atoms with Crippen LogP contribution in [0.1, 0.15) is 37.1 Å². The van der Waals surface area contributed by atoms with Crippen molar-refractivity contribution in [1.29, 1.82) is 0 Å². The molecular formula is C18H27N3O3. The lowest BCUT2D eigenvalue weighted by atomic mass is 9.79. The highest BCUT2D eigenvalue weighted by atomic mass is 16.5. The number of aryl methyl sites for hydroxylation is 1. The number of hydrogen-bond donors (Lipinski definition) is 1. The van der Waals surface area contributed by atoms with Crippen LogP contribution in [-0.2, 0) is 16.1 Å². The molecule has 3 heterocycles. The van der Waals surface area contributed by atoms with Crippen molar-refractivity contribution in [1.82, 2.24) is 15.4 Å². The minimum absolute atomic E-state index is 0.0874. The second-order valence-electron chi connectivity index (χ2n) is 7.61. The first kappa shape index (κ1) is 16.1. The second-order valence-corrected chi connectivity index (χ2v) is 7.61. The Bertz CT molecular complexity index is 584. The lowest BCUT2D eigenvalue weighted by molar-refractivity contribution is -0.142. The Morgan fingerprint density at radius 3 is 3.00 bits per heavy atom. The van der Waals surface area contributed by atoms with Gasteiger partial charge in [0.1, 0.15) is 5.76 Å². The van der Waals surface area contributed by atoms with E-state index in [2.05, 4.69) is 15.4 Å². The maximum atomic E-state index is 12.6. The van der Waals surface area contributed by atoms with Crippen molar-refractivity contribution < 1.29 is 14.1 Å². The second kappa shape index (κ2) is 6.84. The third kappa shape index (κ3) is 3.64. The third-order valence-corrected chi connectivity index (χ3v) is 5.62. The van der Waals surface area contributed by atoms with Crippen LogP contribution in [0.2, 0.25) is 0 Å². The van der Waals surface area contributed by atoms with E-state index >= 15 is 0 Å². The molecule has 6 nitrogen and oxygen atoms in total. The SMILES string of the molecule is Cc1cc(CN2CC[C@H]3OCC[C@@H](C(=O)NCC4CC4)[C@@H]3C2)no1. The molecule has 0 radical (unpaired) electrons. The molecule has 1 N–H and O–H groups in total. The Morgan fingerprint density at radius 1 is 1.38 bits per heavy atom. The van der Waals surface area contributed by atoms with Gasteiger partial charge in [0.15, 0.2) is 0 Å². The lowest BCUT2D eigenvalue weighted by Crippen LogP contribution is -2.53. The molecule has 3 atom stereocenters. The molecule has 0 bridgehead atoms. The number of fused-ring (bicyclic) bond motifs is 1. The predicted molar refractivity (Wildman–Crippen MR) is 88.2 cm³/mol. The zero-order valence-electron chi connectivity index (χ0n) is 14.4. The molecule has 24 heavy (non-hydrogen) atoms. The molecule has 1 aliphatic carbocycles. The molecule has 1 aromatic rings. The monoisotopic (exact) mass is 333 g/mol. The quantitative estimate of drug-likeness (QED) is 0.889. The first-order valence-corrected chi connectivity index (χ1v) is 9.23. The van der Waals surface area contributed by atoms with Crippen LogP contribution in [0, 0.1) is 24.7 Å². The van der Waals surface area contributed by atoms with E-state index in [1.165, 1.54) is 12.8 Å². The lowest BCUT2D eigenvalue weighted by Gasteiger charge is -2.44. The van der Waals surface area contributed by atoms with Gasteiger partial charge in [-0.1, -0.05) is 5.16 Å². The van der Waals surface area contributed by atoms with Crippen molar-refractivity contribution in [2.24, 2.45) is 17.8 Å². The van der Waals surface area contributed by atoms with Crippen molar-refractivity contribution >= 4 is 5.91 Å². The molecule has 1 saturated carbocycles. The highest BCUT2D eigenvalue weighted by Gasteiger charge is 2.41. The van der Waals surface area contributed by atoms with Crippen molar-refractivity contribution in [3.63, 3.8) is 0 Å². The fourth-order valence-electron chi connectivity index (χ4n) is 4.07. The highest BCUT2D eigenvalue weighted by Crippen LogP contribution is 2.34. The zero-order valence-corrected chi connectivity index (χ0v) is 14.4. The fraction of sp³-hybridized carbons (Fsp3) is 0.778. The number of ether oxygens (including phenoxy) is 1. The summed E-state index contributed by atoms with van der Waals surface area (Å²) in [4.78, 5) is 15.0. The topological polar surface area (TPSA) is 67.6 Å². The predicted octanol–water partition coefficient (Wildman–Crippen LogP) is 1.74. The van der Waals surface area contributed by atoms with Gasteiger partial charge >= 0.3 is 0 Å². The van der Waals surface area contributed by atoms with E-state index in [0.29, 0.717) is 12.5 Å². The van der Waals surface area contributed by atoms with E-state index < -0.39 is 0 Å².